The van der Waals surface area contributed by atoms with Crippen LogP contribution in [0.3, 0.4) is 0 Å². The van der Waals surface area contributed by atoms with Crippen LogP contribution in [0.25, 0.3) is 11.1 Å². The second-order valence-corrected chi connectivity index (χ2v) is 2.63. The lowest BCUT2D eigenvalue weighted by molar-refractivity contribution is 0.535. The predicted molar refractivity (Wildman–Crippen MR) is 46.7 cm³/mol. The average molecular weight is 159 g/mol. The fourth-order valence-electron chi connectivity index (χ4n) is 1.22. The van der Waals surface area contributed by atoms with Gasteiger partial charge in [0.05, 0.1) is 6.26 Å². The first kappa shape index (κ1) is 7.10. The van der Waals surface area contributed by atoms with Gasteiger partial charge in [0.15, 0.2) is 0 Å². The Morgan fingerprint density at radius 3 is 2.50 bits per heavy atom. The maximum Gasteiger partial charge on any atom is 0.108 e. The maximum atomic E-state index is 5.20. The fourth-order valence-corrected chi connectivity index (χ4v) is 1.22. The molecule has 0 saturated carbocycles. The van der Waals surface area contributed by atoms with E-state index in [0.29, 0.717) is 0 Å². The summed E-state index contributed by atoms with van der Waals surface area (Å²) in [6.07, 6.45) is 5.26. The first-order chi connectivity index (χ1) is 5.88. The molecule has 2 heteroatoms. The Balaban J connectivity index is 2.51. The number of aryl methyl sites for hydroxylation is 1. The zero-order valence-electron chi connectivity index (χ0n) is 6.82. The molecular weight excluding hydrogens is 150 g/mol. The third-order valence-corrected chi connectivity index (χ3v) is 1.85. The van der Waals surface area contributed by atoms with Crippen molar-refractivity contribution in [2.24, 2.45) is 0 Å². The molecule has 0 saturated heterocycles. The van der Waals surface area contributed by atoms with Crippen LogP contribution in [0.4, 0.5) is 0 Å². The van der Waals surface area contributed by atoms with Gasteiger partial charge in [-0.15, -0.1) is 0 Å². The summed E-state index contributed by atoms with van der Waals surface area (Å²) in [4.78, 5) is 3.95. The van der Waals surface area contributed by atoms with Gasteiger partial charge in [0, 0.05) is 18.0 Å². The fraction of sp³-hybridized carbons (Fsp3) is 0.100. The molecule has 0 atom stereocenters. The molecular formula is C10H9NO. The van der Waals surface area contributed by atoms with Crippen LogP contribution in [0.15, 0.2) is 41.3 Å². The highest BCUT2D eigenvalue weighted by atomic mass is 16.3. The topological polar surface area (TPSA) is 26.0 Å². The highest BCUT2D eigenvalue weighted by Gasteiger charge is 2.02. The summed E-state index contributed by atoms with van der Waals surface area (Å²) in [5, 5.41) is 0. The van der Waals surface area contributed by atoms with E-state index in [1.54, 1.807) is 18.7 Å². The van der Waals surface area contributed by atoms with Crippen molar-refractivity contribution in [3.05, 3.63) is 42.6 Å². The van der Waals surface area contributed by atoms with Crippen molar-refractivity contribution >= 4 is 0 Å². The van der Waals surface area contributed by atoms with E-state index < -0.39 is 0 Å². The molecule has 0 fully saturated rings. The third kappa shape index (κ3) is 1.11. The maximum absolute atomic E-state index is 5.20. The number of hydrogen-bond donors (Lipinski definition) is 0. The van der Waals surface area contributed by atoms with Gasteiger partial charge in [-0.25, -0.2) is 0 Å². The summed E-state index contributed by atoms with van der Waals surface area (Å²) in [5.41, 5.74) is 2.29. The number of furan rings is 1. The standard InChI is InChI=1S/C10H9NO/c1-8-10(4-7-12-8)9-2-5-11-6-3-9/h2-7H,1H3. The lowest BCUT2D eigenvalue weighted by atomic mass is 10.1. The molecule has 12 heavy (non-hydrogen) atoms. The Morgan fingerprint density at radius 1 is 1.17 bits per heavy atom. The number of nitrogens with zero attached hydrogens (tertiary/aromatic N) is 1. The number of aromatic nitrogens is 1. The molecule has 0 aliphatic rings. The molecule has 0 aliphatic carbocycles. The average Bonchev–Trinajstić information content (AvgIpc) is 2.53. The van der Waals surface area contributed by atoms with E-state index in [4.69, 9.17) is 4.42 Å². The van der Waals surface area contributed by atoms with E-state index in [0.717, 1.165) is 16.9 Å². The Bertz CT molecular complexity index is 364. The molecule has 0 radical (unpaired) electrons. The Kier molecular flexibility index (Phi) is 1.67. The van der Waals surface area contributed by atoms with Crippen molar-refractivity contribution in [1.29, 1.82) is 0 Å². The molecule has 0 aliphatic heterocycles. The second-order valence-electron chi connectivity index (χ2n) is 2.63. The zero-order chi connectivity index (χ0) is 8.39. The molecule has 0 spiro atoms. The Labute approximate surface area is 70.9 Å². The number of hydrogen-bond acceptors (Lipinski definition) is 2. The van der Waals surface area contributed by atoms with Crippen LogP contribution in [0.1, 0.15) is 5.76 Å². The molecule has 2 rings (SSSR count). The minimum absolute atomic E-state index is 0.946. The van der Waals surface area contributed by atoms with Crippen molar-refractivity contribution in [1.82, 2.24) is 4.98 Å². The van der Waals surface area contributed by atoms with Crippen LogP contribution in [-0.4, -0.2) is 4.98 Å². The van der Waals surface area contributed by atoms with Crippen LogP contribution in [0.2, 0.25) is 0 Å². The SMILES string of the molecule is Cc1occc1-c1ccncc1. The van der Waals surface area contributed by atoms with E-state index in [2.05, 4.69) is 4.98 Å². The van der Waals surface area contributed by atoms with Gasteiger partial charge in [0.2, 0.25) is 0 Å². The smallest absolute Gasteiger partial charge is 0.108 e. The summed E-state index contributed by atoms with van der Waals surface area (Å²) in [5.74, 6) is 0.946. The van der Waals surface area contributed by atoms with Crippen LogP contribution in [0, 0.1) is 6.92 Å². The lowest BCUT2D eigenvalue weighted by Gasteiger charge is -1.96. The van der Waals surface area contributed by atoms with Gasteiger partial charge in [-0.3, -0.25) is 4.98 Å². The summed E-state index contributed by atoms with van der Waals surface area (Å²) in [6, 6.07) is 5.90. The van der Waals surface area contributed by atoms with Gasteiger partial charge < -0.3 is 4.42 Å². The van der Waals surface area contributed by atoms with E-state index in [1.165, 1.54) is 0 Å². The van der Waals surface area contributed by atoms with Crippen molar-refractivity contribution in [2.75, 3.05) is 0 Å². The zero-order valence-corrected chi connectivity index (χ0v) is 6.82. The first-order valence-corrected chi connectivity index (χ1v) is 3.82. The molecule has 2 aromatic heterocycles. The Morgan fingerprint density at radius 2 is 1.92 bits per heavy atom. The minimum atomic E-state index is 0.946. The minimum Gasteiger partial charge on any atom is -0.469 e. The molecule has 0 N–H and O–H groups in total. The van der Waals surface area contributed by atoms with Crippen LogP contribution in [0.5, 0.6) is 0 Å². The molecule has 60 valence electrons. The summed E-state index contributed by atoms with van der Waals surface area (Å²) >= 11 is 0. The van der Waals surface area contributed by atoms with Crippen LogP contribution >= 0.6 is 0 Å². The van der Waals surface area contributed by atoms with E-state index in [9.17, 15) is 0 Å². The van der Waals surface area contributed by atoms with Crippen molar-refractivity contribution < 1.29 is 4.42 Å². The van der Waals surface area contributed by atoms with Crippen molar-refractivity contribution in [3.63, 3.8) is 0 Å². The molecule has 2 nitrogen and oxygen atoms in total. The van der Waals surface area contributed by atoms with Crippen LogP contribution in [-0.2, 0) is 0 Å². The normalized spacial score (nSPS) is 10.1. The van der Waals surface area contributed by atoms with Gasteiger partial charge in [-0.1, -0.05) is 0 Å². The second kappa shape index (κ2) is 2.81. The van der Waals surface area contributed by atoms with Crippen LogP contribution < -0.4 is 0 Å². The third-order valence-electron chi connectivity index (χ3n) is 1.85. The molecule has 0 unspecified atom stereocenters. The molecule has 0 amide bonds. The summed E-state index contributed by atoms with van der Waals surface area (Å²) in [7, 11) is 0. The van der Waals surface area contributed by atoms with Gasteiger partial charge >= 0.3 is 0 Å². The first-order valence-electron chi connectivity index (χ1n) is 3.82. The Hall–Kier alpha value is -1.57. The number of pyridine rings is 1. The lowest BCUT2D eigenvalue weighted by Crippen LogP contribution is -1.76. The van der Waals surface area contributed by atoms with Gasteiger partial charge in [-0.2, -0.15) is 0 Å². The highest BCUT2D eigenvalue weighted by molar-refractivity contribution is 5.64. The molecule has 0 bridgehead atoms. The van der Waals surface area contributed by atoms with Crippen molar-refractivity contribution in [3.8, 4) is 11.1 Å². The largest absolute Gasteiger partial charge is 0.469 e. The summed E-state index contributed by atoms with van der Waals surface area (Å²) < 4.78 is 5.20. The molecule has 0 aromatic carbocycles. The molecule has 2 heterocycles. The number of rotatable bonds is 1. The van der Waals surface area contributed by atoms with E-state index in [-0.39, 0.29) is 0 Å². The van der Waals surface area contributed by atoms with E-state index >= 15 is 0 Å². The van der Waals surface area contributed by atoms with E-state index in [1.807, 2.05) is 25.1 Å². The van der Waals surface area contributed by atoms with Gasteiger partial charge in [0.1, 0.15) is 5.76 Å². The predicted octanol–water partition coefficient (Wildman–Crippen LogP) is 2.65. The van der Waals surface area contributed by atoms with Gasteiger partial charge in [0.25, 0.3) is 0 Å². The van der Waals surface area contributed by atoms with Gasteiger partial charge in [-0.05, 0) is 30.7 Å². The van der Waals surface area contributed by atoms with Crippen molar-refractivity contribution in [2.45, 2.75) is 6.92 Å². The monoisotopic (exact) mass is 159 g/mol. The quantitative estimate of drug-likeness (QED) is 0.639. The summed E-state index contributed by atoms with van der Waals surface area (Å²) in [6.45, 7) is 1.95. The molecule has 2 aromatic rings. The highest BCUT2D eigenvalue weighted by Crippen LogP contribution is 2.22.